The Morgan fingerprint density at radius 2 is 2.25 bits per heavy atom. The Labute approximate surface area is 96.4 Å². The number of aromatic hydroxyl groups is 1. The summed E-state index contributed by atoms with van der Waals surface area (Å²) in [6.45, 7) is 4.01. The van der Waals surface area contributed by atoms with Gasteiger partial charge in [0.2, 0.25) is 0 Å². The van der Waals surface area contributed by atoms with E-state index in [1.165, 1.54) is 6.42 Å². The molecule has 0 amide bonds. The molecule has 0 aliphatic heterocycles. The lowest BCUT2D eigenvalue weighted by molar-refractivity contribution is 0.410. The van der Waals surface area contributed by atoms with Gasteiger partial charge in [0, 0.05) is 12.1 Å². The smallest absolute Gasteiger partial charge is 0.120 e. The zero-order valence-electron chi connectivity index (χ0n) is 9.86. The molecule has 2 N–H and O–H groups in total. The van der Waals surface area contributed by atoms with Crippen molar-refractivity contribution in [1.82, 2.24) is 5.32 Å². The highest BCUT2D eigenvalue weighted by Gasteiger charge is 2.31. The number of phenols is 1. The Bertz CT molecular complexity index is 365. The number of phenolic OH excluding ortho intramolecular Hbond substituents is 1. The van der Waals surface area contributed by atoms with Gasteiger partial charge < -0.3 is 15.2 Å². The zero-order valence-corrected chi connectivity index (χ0v) is 9.86. The quantitative estimate of drug-likeness (QED) is 0.800. The van der Waals surface area contributed by atoms with Gasteiger partial charge in [-0.3, -0.25) is 0 Å². The molecule has 16 heavy (non-hydrogen) atoms. The van der Waals surface area contributed by atoms with Gasteiger partial charge in [0.25, 0.3) is 0 Å². The SMILES string of the molecule is COc1ccc(O)c(CNCC2CC2C)c1. The molecule has 0 bridgehead atoms. The minimum Gasteiger partial charge on any atom is -0.508 e. The summed E-state index contributed by atoms with van der Waals surface area (Å²) < 4.78 is 5.13. The second-order valence-corrected chi connectivity index (χ2v) is 4.60. The second kappa shape index (κ2) is 4.74. The standard InChI is InChI=1S/C13H19NO2/c1-9-5-10(9)7-14-8-11-6-12(16-2)3-4-13(11)15/h3-4,6,9-10,14-15H,5,7-8H2,1-2H3. The fraction of sp³-hybridized carbons (Fsp3) is 0.538. The van der Waals surface area contributed by atoms with Gasteiger partial charge in [-0.25, -0.2) is 0 Å². The summed E-state index contributed by atoms with van der Waals surface area (Å²) in [5, 5.41) is 13.0. The molecule has 0 heterocycles. The van der Waals surface area contributed by atoms with Gasteiger partial charge >= 0.3 is 0 Å². The molecule has 0 aromatic heterocycles. The highest BCUT2D eigenvalue weighted by atomic mass is 16.5. The predicted octanol–water partition coefficient (Wildman–Crippen LogP) is 2.15. The molecule has 3 nitrogen and oxygen atoms in total. The number of benzene rings is 1. The Morgan fingerprint density at radius 3 is 2.88 bits per heavy atom. The van der Waals surface area contributed by atoms with E-state index in [2.05, 4.69) is 12.2 Å². The van der Waals surface area contributed by atoms with Crippen LogP contribution in [0.1, 0.15) is 18.9 Å². The summed E-state index contributed by atoms with van der Waals surface area (Å²) in [5.74, 6) is 2.81. The van der Waals surface area contributed by atoms with Crippen LogP contribution in [0, 0.1) is 11.8 Å². The van der Waals surface area contributed by atoms with E-state index in [0.717, 1.165) is 29.7 Å². The van der Waals surface area contributed by atoms with Crippen LogP contribution in [0.5, 0.6) is 11.5 Å². The molecule has 1 aliphatic rings. The number of rotatable bonds is 5. The molecule has 3 heteroatoms. The number of nitrogens with one attached hydrogen (secondary N) is 1. The Hall–Kier alpha value is -1.22. The maximum absolute atomic E-state index is 9.67. The second-order valence-electron chi connectivity index (χ2n) is 4.60. The highest BCUT2D eigenvalue weighted by molar-refractivity contribution is 5.39. The fourth-order valence-corrected chi connectivity index (χ4v) is 1.91. The number of hydrogen-bond donors (Lipinski definition) is 2. The Kier molecular flexibility index (Phi) is 3.34. The van der Waals surface area contributed by atoms with Gasteiger partial charge in [-0.05, 0) is 43.0 Å². The average Bonchev–Trinajstić information content (AvgIpc) is 2.97. The topological polar surface area (TPSA) is 41.5 Å². The van der Waals surface area contributed by atoms with Crippen molar-refractivity contribution < 1.29 is 9.84 Å². The van der Waals surface area contributed by atoms with Gasteiger partial charge in [0.15, 0.2) is 0 Å². The van der Waals surface area contributed by atoms with E-state index in [-0.39, 0.29) is 0 Å². The van der Waals surface area contributed by atoms with E-state index in [4.69, 9.17) is 4.74 Å². The van der Waals surface area contributed by atoms with Crippen LogP contribution in [0.15, 0.2) is 18.2 Å². The van der Waals surface area contributed by atoms with Crippen LogP contribution in [-0.4, -0.2) is 18.8 Å². The maximum atomic E-state index is 9.67. The van der Waals surface area contributed by atoms with Gasteiger partial charge in [0.1, 0.15) is 11.5 Å². The molecular weight excluding hydrogens is 202 g/mol. The van der Waals surface area contributed by atoms with Gasteiger partial charge in [-0.1, -0.05) is 6.92 Å². The first-order valence-electron chi connectivity index (χ1n) is 5.77. The number of ether oxygens (including phenoxy) is 1. The maximum Gasteiger partial charge on any atom is 0.120 e. The van der Waals surface area contributed by atoms with Crippen molar-refractivity contribution in [3.8, 4) is 11.5 Å². The lowest BCUT2D eigenvalue weighted by atomic mass is 10.2. The Balaban J connectivity index is 1.87. The van der Waals surface area contributed by atoms with Crippen molar-refractivity contribution in [2.45, 2.75) is 19.9 Å². The molecule has 2 unspecified atom stereocenters. The summed E-state index contributed by atoms with van der Waals surface area (Å²) in [6, 6.07) is 5.32. The van der Waals surface area contributed by atoms with Gasteiger partial charge in [-0.15, -0.1) is 0 Å². The summed E-state index contributed by atoms with van der Waals surface area (Å²) in [7, 11) is 1.63. The molecule has 1 saturated carbocycles. The van der Waals surface area contributed by atoms with Crippen LogP contribution >= 0.6 is 0 Å². The molecule has 1 aromatic carbocycles. The van der Waals surface area contributed by atoms with Gasteiger partial charge in [0.05, 0.1) is 7.11 Å². The number of methoxy groups -OCH3 is 1. The van der Waals surface area contributed by atoms with Crippen molar-refractivity contribution in [1.29, 1.82) is 0 Å². The number of hydrogen-bond acceptors (Lipinski definition) is 3. The van der Waals surface area contributed by atoms with E-state index < -0.39 is 0 Å². The molecule has 2 rings (SSSR count). The van der Waals surface area contributed by atoms with E-state index in [0.29, 0.717) is 12.3 Å². The van der Waals surface area contributed by atoms with Crippen LogP contribution in [-0.2, 0) is 6.54 Å². The van der Waals surface area contributed by atoms with Crippen molar-refractivity contribution in [3.63, 3.8) is 0 Å². The Morgan fingerprint density at radius 1 is 1.50 bits per heavy atom. The molecular formula is C13H19NO2. The molecule has 0 radical (unpaired) electrons. The minimum atomic E-state index is 0.331. The van der Waals surface area contributed by atoms with Crippen LogP contribution < -0.4 is 10.1 Å². The highest BCUT2D eigenvalue weighted by Crippen LogP contribution is 2.36. The van der Waals surface area contributed by atoms with E-state index in [1.807, 2.05) is 6.07 Å². The average molecular weight is 221 g/mol. The lowest BCUT2D eigenvalue weighted by Crippen LogP contribution is -2.16. The largest absolute Gasteiger partial charge is 0.508 e. The van der Waals surface area contributed by atoms with Crippen LogP contribution in [0.4, 0.5) is 0 Å². The molecule has 1 fully saturated rings. The van der Waals surface area contributed by atoms with Crippen molar-refractivity contribution in [3.05, 3.63) is 23.8 Å². The molecule has 0 saturated heterocycles. The predicted molar refractivity (Wildman–Crippen MR) is 63.6 cm³/mol. The van der Waals surface area contributed by atoms with Crippen molar-refractivity contribution >= 4 is 0 Å². The minimum absolute atomic E-state index is 0.331. The summed E-state index contributed by atoms with van der Waals surface area (Å²) in [4.78, 5) is 0. The fourth-order valence-electron chi connectivity index (χ4n) is 1.91. The summed E-state index contributed by atoms with van der Waals surface area (Å²) in [5.41, 5.74) is 0.896. The zero-order chi connectivity index (χ0) is 11.5. The van der Waals surface area contributed by atoms with Gasteiger partial charge in [-0.2, -0.15) is 0 Å². The van der Waals surface area contributed by atoms with E-state index in [9.17, 15) is 5.11 Å². The third kappa shape index (κ3) is 2.67. The monoisotopic (exact) mass is 221 g/mol. The first kappa shape index (κ1) is 11.3. The van der Waals surface area contributed by atoms with E-state index in [1.54, 1.807) is 19.2 Å². The third-order valence-corrected chi connectivity index (χ3v) is 3.28. The van der Waals surface area contributed by atoms with E-state index >= 15 is 0 Å². The normalized spacial score (nSPS) is 23.1. The molecule has 0 spiro atoms. The summed E-state index contributed by atoms with van der Waals surface area (Å²) >= 11 is 0. The third-order valence-electron chi connectivity index (χ3n) is 3.28. The molecule has 1 aliphatic carbocycles. The first-order valence-corrected chi connectivity index (χ1v) is 5.77. The van der Waals surface area contributed by atoms with Crippen molar-refractivity contribution in [2.24, 2.45) is 11.8 Å². The lowest BCUT2D eigenvalue weighted by Gasteiger charge is -2.08. The summed E-state index contributed by atoms with van der Waals surface area (Å²) in [6.07, 6.45) is 1.33. The van der Waals surface area contributed by atoms with Crippen molar-refractivity contribution in [2.75, 3.05) is 13.7 Å². The molecule has 1 aromatic rings. The first-order chi connectivity index (χ1) is 7.70. The van der Waals surface area contributed by atoms with Crippen LogP contribution in [0.2, 0.25) is 0 Å². The molecule has 88 valence electrons. The van der Waals surface area contributed by atoms with Crippen LogP contribution in [0.3, 0.4) is 0 Å². The molecule has 2 atom stereocenters. The van der Waals surface area contributed by atoms with Crippen LogP contribution in [0.25, 0.3) is 0 Å².